The highest BCUT2D eigenvalue weighted by molar-refractivity contribution is 9.10. The Balaban J connectivity index is 1.81. The molecule has 3 rings (SSSR count). The average Bonchev–Trinajstić information content (AvgIpc) is 3.19. The number of thioether (sulfide) groups is 1. The molecule has 2 aliphatic rings. The van der Waals surface area contributed by atoms with Gasteiger partial charge in [-0.15, -0.1) is 0 Å². The highest BCUT2D eigenvalue weighted by Crippen LogP contribution is 2.35. The summed E-state index contributed by atoms with van der Waals surface area (Å²) in [4.78, 5) is 15.0. The van der Waals surface area contributed by atoms with E-state index in [0.717, 1.165) is 29.5 Å². The first-order valence-electron chi connectivity index (χ1n) is 7.98. The van der Waals surface area contributed by atoms with E-state index in [1.54, 1.807) is 11.0 Å². The molecule has 4 nitrogen and oxygen atoms in total. The van der Waals surface area contributed by atoms with Crippen molar-refractivity contribution in [3.8, 4) is 5.75 Å². The molecule has 0 saturated carbocycles. The minimum Gasteiger partial charge on any atom is -0.489 e. The van der Waals surface area contributed by atoms with Crippen molar-refractivity contribution in [3.63, 3.8) is 0 Å². The van der Waals surface area contributed by atoms with Crippen molar-refractivity contribution in [1.29, 1.82) is 0 Å². The fourth-order valence-corrected chi connectivity index (χ4v) is 4.35. The van der Waals surface area contributed by atoms with E-state index in [2.05, 4.69) is 22.5 Å². The van der Waals surface area contributed by atoms with Gasteiger partial charge in [0.15, 0.2) is 0 Å². The van der Waals surface area contributed by atoms with Gasteiger partial charge >= 0.3 is 0 Å². The summed E-state index contributed by atoms with van der Waals surface area (Å²) in [5, 5.41) is 0. The van der Waals surface area contributed by atoms with E-state index in [9.17, 15) is 4.79 Å². The van der Waals surface area contributed by atoms with Crippen LogP contribution in [0.4, 0.5) is 0 Å². The van der Waals surface area contributed by atoms with Gasteiger partial charge in [0.05, 0.1) is 17.6 Å². The minimum absolute atomic E-state index is 0.0693. The zero-order valence-corrected chi connectivity index (χ0v) is 16.8. The number of ether oxygens (including phenoxy) is 2. The van der Waals surface area contributed by atoms with Gasteiger partial charge in [-0.2, -0.15) is 0 Å². The van der Waals surface area contributed by atoms with Crippen molar-refractivity contribution in [2.75, 3.05) is 19.8 Å². The Hall–Kier alpha value is -1.15. The van der Waals surface area contributed by atoms with Crippen molar-refractivity contribution in [2.45, 2.75) is 18.9 Å². The normalized spacial score (nSPS) is 22.0. The summed E-state index contributed by atoms with van der Waals surface area (Å²) >= 11 is 10.2. The molecular formula is C18H18BrNO3S2. The minimum atomic E-state index is -0.0693. The van der Waals surface area contributed by atoms with Crippen LogP contribution in [-0.2, 0) is 9.53 Å². The fourth-order valence-electron chi connectivity index (χ4n) is 2.70. The van der Waals surface area contributed by atoms with Crippen LogP contribution >= 0.6 is 39.9 Å². The van der Waals surface area contributed by atoms with Gasteiger partial charge in [0.2, 0.25) is 0 Å². The number of halogens is 1. The largest absolute Gasteiger partial charge is 0.489 e. The molecule has 1 aromatic rings. The molecule has 2 saturated heterocycles. The number of carbonyl (C=O) groups excluding carboxylic acids is 1. The number of amides is 1. The molecule has 25 heavy (non-hydrogen) atoms. The standard InChI is InChI=1S/C18H18BrNO3S2/c1-2-7-23-15-6-5-13(19)9-12(15)10-16-17(21)20(18(24)25-16)11-14-4-3-8-22-14/h2,5-6,9-10,14H,1,3-4,7-8,11H2/b16-10-/t14-/m0/s1. The molecule has 0 spiro atoms. The SMILES string of the molecule is C=CCOc1ccc(Br)cc1/C=C1\SC(=S)N(C[C@@H]2CCCO2)C1=O. The van der Waals surface area contributed by atoms with Gasteiger partial charge in [-0.05, 0) is 37.1 Å². The van der Waals surface area contributed by atoms with Crippen molar-refractivity contribution < 1.29 is 14.3 Å². The summed E-state index contributed by atoms with van der Waals surface area (Å²) in [7, 11) is 0. The zero-order chi connectivity index (χ0) is 17.8. The van der Waals surface area contributed by atoms with Gasteiger partial charge < -0.3 is 9.47 Å². The summed E-state index contributed by atoms with van der Waals surface area (Å²) < 4.78 is 12.8. The van der Waals surface area contributed by atoms with Gasteiger partial charge in [-0.1, -0.05) is 52.6 Å². The number of carbonyl (C=O) groups is 1. The second-order valence-electron chi connectivity index (χ2n) is 5.71. The van der Waals surface area contributed by atoms with E-state index in [4.69, 9.17) is 21.7 Å². The Bertz CT molecular complexity index is 729. The molecule has 2 heterocycles. The van der Waals surface area contributed by atoms with E-state index in [0.29, 0.717) is 28.1 Å². The second-order valence-corrected chi connectivity index (χ2v) is 8.30. The van der Waals surface area contributed by atoms with Crippen molar-refractivity contribution in [1.82, 2.24) is 4.90 Å². The number of rotatable bonds is 6. The molecule has 2 aliphatic heterocycles. The molecule has 1 atom stereocenters. The predicted octanol–water partition coefficient (Wildman–Crippen LogP) is 4.39. The predicted molar refractivity (Wildman–Crippen MR) is 109 cm³/mol. The van der Waals surface area contributed by atoms with Crippen molar-refractivity contribution in [2.24, 2.45) is 0 Å². The van der Waals surface area contributed by atoms with Gasteiger partial charge in [0.25, 0.3) is 5.91 Å². The molecule has 0 bridgehead atoms. The molecule has 1 aromatic carbocycles. The summed E-state index contributed by atoms with van der Waals surface area (Å²) in [6.45, 7) is 5.36. The third kappa shape index (κ3) is 4.53. The van der Waals surface area contributed by atoms with Crippen molar-refractivity contribution in [3.05, 3.63) is 45.8 Å². The van der Waals surface area contributed by atoms with Crippen LogP contribution in [0.1, 0.15) is 18.4 Å². The Morgan fingerprint density at radius 2 is 2.36 bits per heavy atom. The van der Waals surface area contributed by atoms with E-state index in [1.807, 2.05) is 24.3 Å². The fraction of sp³-hybridized carbons (Fsp3) is 0.333. The van der Waals surface area contributed by atoms with Crippen LogP contribution in [0.3, 0.4) is 0 Å². The first kappa shape index (κ1) is 18.6. The van der Waals surface area contributed by atoms with Gasteiger partial charge in [0, 0.05) is 16.6 Å². The molecular weight excluding hydrogens is 422 g/mol. The monoisotopic (exact) mass is 439 g/mol. The number of nitrogens with zero attached hydrogens (tertiary/aromatic N) is 1. The number of hydrogen-bond donors (Lipinski definition) is 0. The number of thiocarbonyl (C=S) groups is 1. The van der Waals surface area contributed by atoms with E-state index in [1.165, 1.54) is 11.8 Å². The summed E-state index contributed by atoms with van der Waals surface area (Å²) in [5.41, 5.74) is 0.828. The quantitative estimate of drug-likeness (QED) is 0.373. The maximum Gasteiger partial charge on any atom is 0.266 e. The van der Waals surface area contributed by atoms with Crippen LogP contribution in [0.25, 0.3) is 6.08 Å². The maximum absolute atomic E-state index is 12.7. The lowest BCUT2D eigenvalue weighted by Gasteiger charge is -2.18. The zero-order valence-electron chi connectivity index (χ0n) is 13.6. The Morgan fingerprint density at radius 3 is 3.08 bits per heavy atom. The lowest BCUT2D eigenvalue weighted by atomic mass is 10.1. The smallest absolute Gasteiger partial charge is 0.266 e. The lowest BCUT2D eigenvalue weighted by Crippen LogP contribution is -2.35. The van der Waals surface area contributed by atoms with Crippen LogP contribution in [0.2, 0.25) is 0 Å². The molecule has 0 N–H and O–H groups in total. The Kier molecular flexibility index (Phi) is 6.33. The number of hydrogen-bond acceptors (Lipinski definition) is 5. The van der Waals surface area contributed by atoms with Crippen LogP contribution in [0.15, 0.2) is 40.2 Å². The van der Waals surface area contributed by atoms with E-state index >= 15 is 0 Å². The molecule has 0 aromatic heterocycles. The first-order valence-corrected chi connectivity index (χ1v) is 10.0. The highest BCUT2D eigenvalue weighted by atomic mass is 79.9. The van der Waals surface area contributed by atoms with Gasteiger partial charge in [-0.3, -0.25) is 9.69 Å². The third-order valence-corrected chi connectivity index (χ3v) is 5.77. The van der Waals surface area contributed by atoms with Crippen LogP contribution in [0, 0.1) is 0 Å². The van der Waals surface area contributed by atoms with Gasteiger partial charge in [-0.25, -0.2) is 0 Å². The van der Waals surface area contributed by atoms with Crippen LogP contribution in [-0.4, -0.2) is 41.0 Å². The maximum atomic E-state index is 12.7. The molecule has 0 radical (unpaired) electrons. The van der Waals surface area contributed by atoms with Crippen LogP contribution < -0.4 is 4.74 Å². The van der Waals surface area contributed by atoms with E-state index < -0.39 is 0 Å². The second kappa shape index (κ2) is 8.49. The molecule has 2 fully saturated rings. The Labute approximate surface area is 165 Å². The molecule has 7 heteroatoms. The lowest BCUT2D eigenvalue weighted by molar-refractivity contribution is -0.123. The summed E-state index contributed by atoms with van der Waals surface area (Å²) in [5.74, 6) is 0.632. The Morgan fingerprint density at radius 1 is 1.52 bits per heavy atom. The molecule has 0 aliphatic carbocycles. The third-order valence-electron chi connectivity index (χ3n) is 3.90. The van der Waals surface area contributed by atoms with Crippen LogP contribution in [0.5, 0.6) is 5.75 Å². The average molecular weight is 440 g/mol. The first-order chi connectivity index (χ1) is 12.1. The molecule has 1 amide bonds. The topological polar surface area (TPSA) is 38.8 Å². The summed E-state index contributed by atoms with van der Waals surface area (Å²) in [6.07, 6.45) is 5.61. The van der Waals surface area contributed by atoms with Crippen molar-refractivity contribution >= 4 is 56.2 Å². The highest BCUT2D eigenvalue weighted by Gasteiger charge is 2.34. The molecule has 132 valence electrons. The van der Waals surface area contributed by atoms with Gasteiger partial charge in [0.1, 0.15) is 16.7 Å². The molecule has 0 unspecified atom stereocenters. The number of benzene rings is 1. The van der Waals surface area contributed by atoms with E-state index in [-0.39, 0.29) is 12.0 Å². The summed E-state index contributed by atoms with van der Waals surface area (Å²) in [6, 6.07) is 5.69.